The Morgan fingerprint density at radius 3 is 2.18 bits per heavy atom. The van der Waals surface area contributed by atoms with E-state index in [0.717, 1.165) is 0 Å². The molecule has 0 radical (unpaired) electrons. The van der Waals surface area contributed by atoms with Gasteiger partial charge in [-0.05, 0) is 6.04 Å². The molecule has 0 unspecified atom stereocenters. The fourth-order valence-corrected chi connectivity index (χ4v) is 2.36. The summed E-state index contributed by atoms with van der Waals surface area (Å²) in [6, 6.07) is 1.23. The third-order valence-corrected chi connectivity index (χ3v) is 3.37. The summed E-state index contributed by atoms with van der Waals surface area (Å²) < 4.78 is 9.55. The van der Waals surface area contributed by atoms with Crippen molar-refractivity contribution >= 4 is 9.28 Å². The predicted molar refractivity (Wildman–Crippen MR) is 47.5 cm³/mol. The molecule has 3 heteroatoms. The van der Waals surface area contributed by atoms with Crippen LogP contribution in [0.15, 0.2) is 0 Å². The molecule has 1 heterocycles. The molecule has 66 valence electrons. The minimum Gasteiger partial charge on any atom is -0.261 e. The topological polar surface area (TPSA) is 25.1 Å². The van der Waals surface area contributed by atoms with Gasteiger partial charge >= 0.3 is 9.28 Å². The van der Waals surface area contributed by atoms with Crippen LogP contribution in [-0.4, -0.2) is 9.28 Å². The zero-order valence-electron chi connectivity index (χ0n) is 7.34. The van der Waals surface area contributed by atoms with Crippen molar-refractivity contribution in [1.82, 2.24) is 0 Å². The van der Waals surface area contributed by atoms with Crippen LogP contribution in [0.5, 0.6) is 0 Å². The number of unbranched alkanes of at least 4 members (excludes halogenated alkanes) is 5. The maximum Gasteiger partial charge on any atom is 0.393 e. The molecule has 0 bridgehead atoms. The number of hydrogen-bond acceptors (Lipinski definition) is 2. The molecule has 1 saturated heterocycles. The Hall–Kier alpha value is 0.137. The molecule has 0 aromatic heterocycles. The van der Waals surface area contributed by atoms with E-state index >= 15 is 0 Å². The average molecular weight is 174 g/mol. The molecule has 1 aliphatic heterocycles. The van der Waals surface area contributed by atoms with Crippen molar-refractivity contribution < 1.29 is 9.15 Å². The summed E-state index contributed by atoms with van der Waals surface area (Å²) in [5, 5.41) is 0. The molecule has 0 saturated carbocycles. The van der Waals surface area contributed by atoms with Gasteiger partial charge in [-0.3, -0.25) is 9.15 Å². The van der Waals surface area contributed by atoms with Gasteiger partial charge in [-0.15, -0.1) is 0 Å². The van der Waals surface area contributed by atoms with Crippen molar-refractivity contribution in [3.63, 3.8) is 0 Å². The SMILES string of the molecule is CCCCCCCC[SiH]1OO1. The monoisotopic (exact) mass is 174 g/mol. The van der Waals surface area contributed by atoms with Crippen LogP contribution in [0.4, 0.5) is 0 Å². The quantitative estimate of drug-likeness (QED) is 0.256. The van der Waals surface area contributed by atoms with E-state index in [1.165, 1.54) is 44.6 Å². The molecule has 1 rings (SSSR count). The molecule has 0 aromatic rings. The van der Waals surface area contributed by atoms with E-state index in [0.29, 0.717) is 0 Å². The smallest absolute Gasteiger partial charge is 0.261 e. The summed E-state index contributed by atoms with van der Waals surface area (Å²) in [6.45, 7) is 2.25. The standard InChI is InChI=1S/C8H18O2Si/c1-2-3-4-5-6-7-8-11-9-10-11/h11H,2-8H2,1H3. The van der Waals surface area contributed by atoms with E-state index in [9.17, 15) is 0 Å². The first-order valence-electron chi connectivity index (χ1n) is 4.75. The summed E-state index contributed by atoms with van der Waals surface area (Å²) in [6.07, 6.45) is 8.23. The van der Waals surface area contributed by atoms with Gasteiger partial charge in [0.2, 0.25) is 0 Å². The number of rotatable bonds is 7. The van der Waals surface area contributed by atoms with Crippen molar-refractivity contribution in [2.75, 3.05) is 0 Å². The summed E-state index contributed by atoms with van der Waals surface area (Å²) in [4.78, 5) is 0. The second-order valence-electron chi connectivity index (χ2n) is 3.18. The molecule has 2 nitrogen and oxygen atoms in total. The Labute approximate surface area is 70.7 Å². The number of hydrogen-bond donors (Lipinski definition) is 0. The van der Waals surface area contributed by atoms with Crippen molar-refractivity contribution in [3.05, 3.63) is 0 Å². The molecule has 1 aliphatic rings. The van der Waals surface area contributed by atoms with Gasteiger partial charge in [0.25, 0.3) is 0 Å². The van der Waals surface area contributed by atoms with Gasteiger partial charge in [0, 0.05) is 0 Å². The van der Waals surface area contributed by atoms with Gasteiger partial charge in [-0.25, -0.2) is 0 Å². The summed E-state index contributed by atoms with van der Waals surface area (Å²) >= 11 is 0. The lowest BCUT2D eigenvalue weighted by atomic mass is 10.1. The lowest BCUT2D eigenvalue weighted by Crippen LogP contribution is -1.88. The van der Waals surface area contributed by atoms with E-state index in [2.05, 4.69) is 6.92 Å². The van der Waals surface area contributed by atoms with Crippen molar-refractivity contribution in [2.45, 2.75) is 51.5 Å². The Bertz CT molecular complexity index is 94.1. The van der Waals surface area contributed by atoms with E-state index in [4.69, 9.17) is 9.15 Å². The molecule has 0 N–H and O–H groups in total. The zero-order valence-corrected chi connectivity index (χ0v) is 8.50. The van der Waals surface area contributed by atoms with Gasteiger partial charge in [0.1, 0.15) is 0 Å². The summed E-state index contributed by atoms with van der Waals surface area (Å²) in [5.41, 5.74) is 0. The second kappa shape index (κ2) is 5.74. The minimum atomic E-state index is -0.979. The van der Waals surface area contributed by atoms with Crippen LogP contribution in [0.1, 0.15) is 45.4 Å². The second-order valence-corrected chi connectivity index (χ2v) is 5.00. The van der Waals surface area contributed by atoms with Crippen LogP contribution >= 0.6 is 0 Å². The predicted octanol–water partition coefficient (Wildman–Crippen LogP) is 2.53. The third-order valence-electron chi connectivity index (χ3n) is 2.03. The first-order valence-corrected chi connectivity index (χ1v) is 6.51. The molecule has 0 spiro atoms. The van der Waals surface area contributed by atoms with E-state index in [-0.39, 0.29) is 0 Å². The van der Waals surface area contributed by atoms with Crippen LogP contribution in [-0.2, 0) is 9.15 Å². The van der Waals surface area contributed by atoms with Crippen LogP contribution in [0.25, 0.3) is 0 Å². The maximum absolute atomic E-state index is 4.78. The largest absolute Gasteiger partial charge is 0.393 e. The van der Waals surface area contributed by atoms with Gasteiger partial charge in [0.15, 0.2) is 0 Å². The molecule has 0 aromatic carbocycles. The highest BCUT2D eigenvalue weighted by Crippen LogP contribution is 2.16. The lowest BCUT2D eigenvalue weighted by molar-refractivity contribution is 0.0850. The average Bonchev–Trinajstić information content (AvgIpc) is 2.80. The van der Waals surface area contributed by atoms with Crippen LogP contribution < -0.4 is 0 Å². The highest BCUT2D eigenvalue weighted by molar-refractivity contribution is 6.49. The molecule has 11 heavy (non-hydrogen) atoms. The first-order chi connectivity index (χ1) is 5.43. The molecule has 0 atom stereocenters. The van der Waals surface area contributed by atoms with Gasteiger partial charge < -0.3 is 0 Å². The highest BCUT2D eigenvalue weighted by atomic mass is 28.3. The normalized spacial score (nSPS) is 17.2. The van der Waals surface area contributed by atoms with Crippen LogP contribution in [0.2, 0.25) is 6.04 Å². The molecule has 0 amide bonds. The van der Waals surface area contributed by atoms with E-state index in [1.54, 1.807) is 0 Å². The van der Waals surface area contributed by atoms with Gasteiger partial charge in [0.05, 0.1) is 0 Å². The fourth-order valence-electron chi connectivity index (χ4n) is 1.23. The van der Waals surface area contributed by atoms with E-state index in [1.807, 2.05) is 0 Å². The van der Waals surface area contributed by atoms with Crippen LogP contribution in [0, 0.1) is 0 Å². The highest BCUT2D eigenvalue weighted by Gasteiger charge is 2.28. The van der Waals surface area contributed by atoms with Crippen molar-refractivity contribution in [2.24, 2.45) is 0 Å². The molecular weight excluding hydrogens is 156 g/mol. The Balaban J connectivity index is 1.66. The van der Waals surface area contributed by atoms with E-state index < -0.39 is 9.28 Å². The Kier molecular flexibility index (Phi) is 4.82. The first kappa shape index (κ1) is 9.23. The Morgan fingerprint density at radius 1 is 0.909 bits per heavy atom. The van der Waals surface area contributed by atoms with Gasteiger partial charge in [-0.1, -0.05) is 45.4 Å². The zero-order chi connectivity index (χ0) is 7.94. The molecule has 1 fully saturated rings. The third kappa shape index (κ3) is 5.41. The van der Waals surface area contributed by atoms with Crippen LogP contribution in [0.3, 0.4) is 0 Å². The fraction of sp³-hybridized carbons (Fsp3) is 1.00. The lowest BCUT2D eigenvalue weighted by Gasteiger charge is -1.96. The maximum atomic E-state index is 4.78. The van der Waals surface area contributed by atoms with Gasteiger partial charge in [-0.2, -0.15) is 0 Å². The summed E-state index contributed by atoms with van der Waals surface area (Å²) in [5.74, 6) is 0. The summed E-state index contributed by atoms with van der Waals surface area (Å²) in [7, 11) is -0.979. The van der Waals surface area contributed by atoms with Crippen molar-refractivity contribution in [3.8, 4) is 0 Å². The molecular formula is C8H18O2Si. The minimum absolute atomic E-state index is 0.979. The Morgan fingerprint density at radius 2 is 1.55 bits per heavy atom. The van der Waals surface area contributed by atoms with Crippen molar-refractivity contribution in [1.29, 1.82) is 0 Å². The molecule has 0 aliphatic carbocycles.